The van der Waals surface area contributed by atoms with Crippen LogP contribution < -0.4 is 0 Å². The van der Waals surface area contributed by atoms with Crippen molar-refractivity contribution in [2.75, 3.05) is 0 Å². The fourth-order valence-corrected chi connectivity index (χ4v) is 5.18. The number of hydrogen-bond acceptors (Lipinski definition) is 3. The fourth-order valence-electron chi connectivity index (χ4n) is 5.18. The summed E-state index contributed by atoms with van der Waals surface area (Å²) < 4.78 is 5.83. The van der Waals surface area contributed by atoms with Gasteiger partial charge in [0.15, 0.2) is 0 Å². The van der Waals surface area contributed by atoms with Crippen molar-refractivity contribution in [1.82, 2.24) is 0 Å². The minimum Gasteiger partial charge on any atom is -0.481 e. The third-order valence-corrected chi connectivity index (χ3v) is 7.56. The molecule has 0 aromatic rings. The highest BCUT2D eigenvalue weighted by Gasteiger charge is 2.13. The van der Waals surface area contributed by atoms with E-state index < -0.39 is 5.97 Å². The van der Waals surface area contributed by atoms with Crippen molar-refractivity contribution in [2.24, 2.45) is 0 Å². The zero-order valence-corrected chi connectivity index (χ0v) is 25.0. The van der Waals surface area contributed by atoms with Crippen LogP contribution in [-0.2, 0) is 14.3 Å². The van der Waals surface area contributed by atoms with E-state index >= 15 is 0 Å². The predicted octanol–water partition coefficient (Wildman–Crippen LogP) is 10.9. The first-order valence-electron chi connectivity index (χ1n) is 16.5. The highest BCUT2D eigenvalue weighted by atomic mass is 16.5. The number of carboxylic acids is 1. The van der Waals surface area contributed by atoms with Crippen molar-refractivity contribution in [2.45, 2.75) is 200 Å². The van der Waals surface area contributed by atoms with Gasteiger partial charge >= 0.3 is 11.9 Å². The lowest BCUT2D eigenvalue weighted by atomic mass is 10.0. The number of hydrogen-bond donors (Lipinski definition) is 1. The van der Waals surface area contributed by atoms with Crippen LogP contribution in [0.15, 0.2) is 0 Å². The predicted molar refractivity (Wildman–Crippen MR) is 158 cm³/mol. The molecule has 1 unspecified atom stereocenters. The summed E-state index contributed by atoms with van der Waals surface area (Å²) in [5, 5.41) is 8.64. The molecular weight excluding hydrogens is 460 g/mol. The van der Waals surface area contributed by atoms with Gasteiger partial charge in [-0.2, -0.15) is 0 Å². The lowest BCUT2D eigenvalue weighted by molar-refractivity contribution is -0.150. The van der Waals surface area contributed by atoms with E-state index in [0.717, 1.165) is 44.9 Å². The lowest BCUT2D eigenvalue weighted by Gasteiger charge is -2.17. The Bertz CT molecular complexity index is 491. The zero-order chi connectivity index (χ0) is 27.2. The van der Waals surface area contributed by atoms with E-state index in [4.69, 9.17) is 9.84 Å². The topological polar surface area (TPSA) is 63.6 Å². The molecule has 0 spiro atoms. The van der Waals surface area contributed by atoms with Gasteiger partial charge in [0.1, 0.15) is 6.10 Å². The van der Waals surface area contributed by atoms with Gasteiger partial charge in [-0.05, 0) is 32.1 Å². The quantitative estimate of drug-likeness (QED) is 0.0749. The molecule has 4 heteroatoms. The maximum atomic E-state index is 12.3. The average Bonchev–Trinajstić information content (AvgIpc) is 2.87. The monoisotopic (exact) mass is 524 g/mol. The van der Waals surface area contributed by atoms with Gasteiger partial charge in [0.2, 0.25) is 0 Å². The minimum absolute atomic E-state index is 0.0217. The van der Waals surface area contributed by atoms with Crippen LogP contribution in [-0.4, -0.2) is 23.1 Å². The summed E-state index contributed by atoms with van der Waals surface area (Å²) in [4.78, 5) is 22.8. The van der Waals surface area contributed by atoms with Crippen molar-refractivity contribution < 1.29 is 19.4 Å². The first-order chi connectivity index (χ1) is 18.1. The highest BCUT2D eigenvalue weighted by Crippen LogP contribution is 2.17. The van der Waals surface area contributed by atoms with Gasteiger partial charge in [-0.15, -0.1) is 0 Å². The summed E-state index contributed by atoms with van der Waals surface area (Å²) in [5.41, 5.74) is 0. The van der Waals surface area contributed by atoms with E-state index in [1.807, 2.05) is 0 Å². The molecular formula is C33H64O4. The molecule has 0 radical (unpaired) electrons. The lowest BCUT2D eigenvalue weighted by Crippen LogP contribution is -2.18. The molecule has 0 fully saturated rings. The molecule has 0 bridgehead atoms. The van der Waals surface area contributed by atoms with Crippen molar-refractivity contribution >= 4 is 11.9 Å². The van der Waals surface area contributed by atoms with Gasteiger partial charge < -0.3 is 9.84 Å². The molecule has 0 aliphatic rings. The Kier molecular flexibility index (Phi) is 28.7. The molecule has 0 aromatic heterocycles. The van der Waals surface area contributed by atoms with Crippen LogP contribution in [0.4, 0.5) is 0 Å². The van der Waals surface area contributed by atoms with Crippen molar-refractivity contribution in [3.05, 3.63) is 0 Å². The molecule has 0 aliphatic carbocycles. The molecule has 0 aliphatic heterocycles. The fraction of sp³-hybridized carbons (Fsp3) is 0.939. The number of unbranched alkanes of at least 4 members (excludes halogenated alkanes) is 21. The van der Waals surface area contributed by atoms with Crippen LogP contribution in [0, 0.1) is 0 Å². The summed E-state index contributed by atoms with van der Waals surface area (Å²) in [7, 11) is 0. The summed E-state index contributed by atoms with van der Waals surface area (Å²) in [6.07, 6.45) is 33.1. The molecule has 0 heterocycles. The van der Waals surface area contributed by atoms with E-state index in [1.54, 1.807) is 0 Å². The number of rotatable bonds is 30. The van der Waals surface area contributed by atoms with E-state index in [2.05, 4.69) is 13.8 Å². The Hall–Kier alpha value is -1.06. The van der Waals surface area contributed by atoms with Gasteiger partial charge in [0.05, 0.1) is 0 Å². The Labute approximate surface area is 231 Å². The number of aliphatic carboxylic acids is 1. The van der Waals surface area contributed by atoms with Crippen LogP contribution in [0.5, 0.6) is 0 Å². The minimum atomic E-state index is -0.672. The van der Waals surface area contributed by atoms with Crippen molar-refractivity contribution in [3.63, 3.8) is 0 Å². The molecule has 4 nitrogen and oxygen atoms in total. The van der Waals surface area contributed by atoms with Crippen molar-refractivity contribution in [1.29, 1.82) is 0 Å². The average molecular weight is 525 g/mol. The Balaban J connectivity index is 3.54. The molecule has 0 aromatic carbocycles. The summed E-state index contributed by atoms with van der Waals surface area (Å²) >= 11 is 0. The SMILES string of the molecule is CCCCCCCCCCCCCCC(=O)OC(CCC)CCCCCCCCCCCCCC(=O)O. The summed E-state index contributed by atoms with van der Waals surface area (Å²) in [6, 6.07) is 0. The van der Waals surface area contributed by atoms with Crippen molar-refractivity contribution in [3.8, 4) is 0 Å². The standard InChI is InChI=1S/C33H64O4/c1-3-5-6-7-8-9-10-14-17-20-23-26-30-33(36)37-31(27-4-2)28-24-21-18-15-12-11-13-16-19-22-25-29-32(34)35/h31H,3-30H2,1-2H3,(H,34,35). The van der Waals surface area contributed by atoms with Gasteiger partial charge in [-0.25, -0.2) is 0 Å². The molecule has 0 rings (SSSR count). The molecule has 0 amide bonds. The number of carboxylic acid groups (broad SMARTS) is 1. The van der Waals surface area contributed by atoms with Gasteiger partial charge in [0, 0.05) is 12.8 Å². The molecule has 1 N–H and O–H groups in total. The summed E-state index contributed by atoms with van der Waals surface area (Å²) in [5.74, 6) is -0.650. The summed E-state index contributed by atoms with van der Waals surface area (Å²) in [6.45, 7) is 4.45. The largest absolute Gasteiger partial charge is 0.481 e. The van der Waals surface area contributed by atoms with Crippen LogP contribution in [0.3, 0.4) is 0 Å². The second kappa shape index (κ2) is 29.5. The first kappa shape index (κ1) is 35.9. The number of esters is 1. The Morgan fingerprint density at radius 3 is 1.27 bits per heavy atom. The third-order valence-electron chi connectivity index (χ3n) is 7.56. The maximum Gasteiger partial charge on any atom is 0.306 e. The molecule has 220 valence electrons. The van der Waals surface area contributed by atoms with Gasteiger partial charge in [0.25, 0.3) is 0 Å². The number of carbonyl (C=O) groups is 2. The normalized spacial score (nSPS) is 12.1. The molecule has 1 atom stereocenters. The van der Waals surface area contributed by atoms with E-state index in [0.29, 0.717) is 12.8 Å². The number of ether oxygens (including phenoxy) is 1. The number of carbonyl (C=O) groups excluding carboxylic acids is 1. The van der Waals surface area contributed by atoms with Crippen LogP contribution in [0.2, 0.25) is 0 Å². The highest BCUT2D eigenvalue weighted by molar-refractivity contribution is 5.69. The zero-order valence-electron chi connectivity index (χ0n) is 25.0. The maximum absolute atomic E-state index is 12.3. The van der Waals surface area contributed by atoms with Crippen LogP contribution in [0.25, 0.3) is 0 Å². The van der Waals surface area contributed by atoms with Gasteiger partial charge in [-0.3, -0.25) is 9.59 Å². The van der Waals surface area contributed by atoms with E-state index in [9.17, 15) is 9.59 Å². The van der Waals surface area contributed by atoms with E-state index in [-0.39, 0.29) is 12.1 Å². The van der Waals surface area contributed by atoms with Crippen LogP contribution >= 0.6 is 0 Å². The van der Waals surface area contributed by atoms with Gasteiger partial charge in [-0.1, -0.05) is 149 Å². The Morgan fingerprint density at radius 1 is 0.486 bits per heavy atom. The second-order valence-corrected chi connectivity index (χ2v) is 11.4. The van der Waals surface area contributed by atoms with Crippen LogP contribution in [0.1, 0.15) is 194 Å². The Morgan fingerprint density at radius 2 is 0.865 bits per heavy atom. The molecule has 37 heavy (non-hydrogen) atoms. The van der Waals surface area contributed by atoms with E-state index in [1.165, 1.54) is 122 Å². The smallest absolute Gasteiger partial charge is 0.306 e. The molecule has 0 saturated heterocycles. The first-order valence-corrected chi connectivity index (χ1v) is 16.5. The molecule has 0 saturated carbocycles. The third kappa shape index (κ3) is 29.4. The second-order valence-electron chi connectivity index (χ2n) is 11.4.